The smallest absolute Gasteiger partial charge is 0.336 e. The first-order valence-corrected chi connectivity index (χ1v) is 3.14. The van der Waals surface area contributed by atoms with Gasteiger partial charge in [-0.15, -0.1) is 0 Å². The van der Waals surface area contributed by atoms with E-state index in [0.29, 0.717) is 0 Å². The first-order valence-electron chi connectivity index (χ1n) is 3.14. The summed E-state index contributed by atoms with van der Waals surface area (Å²) in [7, 11) is 0. The van der Waals surface area contributed by atoms with Crippen molar-refractivity contribution in [2.75, 3.05) is 0 Å². The predicted molar refractivity (Wildman–Crippen MR) is 38.7 cm³/mol. The zero-order chi connectivity index (χ0) is 9.14. The zero-order valence-electron chi connectivity index (χ0n) is 5.95. The molecule has 1 aromatic rings. The molecule has 0 radical (unpaired) electrons. The van der Waals surface area contributed by atoms with E-state index in [2.05, 4.69) is 0 Å². The summed E-state index contributed by atoms with van der Waals surface area (Å²) < 4.78 is 12.7. The van der Waals surface area contributed by atoms with Crippen molar-refractivity contribution in [1.29, 1.82) is 0 Å². The van der Waals surface area contributed by atoms with Crippen LogP contribution in [0.15, 0.2) is 18.2 Å². The number of carboxylic acids is 1. The lowest BCUT2D eigenvalue weighted by Gasteiger charge is -1.98. The summed E-state index contributed by atoms with van der Waals surface area (Å²) >= 11 is 0. The highest BCUT2D eigenvalue weighted by Gasteiger charge is 2.12. The van der Waals surface area contributed by atoms with Crippen LogP contribution < -0.4 is 0 Å². The minimum absolute atomic E-state index is 0.193. The third-order valence-corrected chi connectivity index (χ3v) is 1.40. The molecule has 0 saturated heterocycles. The third kappa shape index (κ3) is 1.32. The number of halogens is 1. The van der Waals surface area contributed by atoms with Crippen LogP contribution in [0.5, 0.6) is 0 Å². The second kappa shape index (κ2) is 3.13. The van der Waals surface area contributed by atoms with Gasteiger partial charge in [-0.05, 0) is 12.1 Å². The van der Waals surface area contributed by atoms with Crippen molar-refractivity contribution < 1.29 is 19.1 Å². The van der Waals surface area contributed by atoms with E-state index in [0.717, 1.165) is 6.07 Å². The lowest BCUT2D eigenvalue weighted by Crippen LogP contribution is -2.03. The maximum Gasteiger partial charge on any atom is 0.336 e. The van der Waals surface area contributed by atoms with Crippen LogP contribution in [0.3, 0.4) is 0 Å². The minimum Gasteiger partial charge on any atom is -0.478 e. The molecule has 1 rings (SSSR count). The molecule has 62 valence electrons. The molecule has 0 aliphatic heterocycles. The van der Waals surface area contributed by atoms with Gasteiger partial charge in [0.05, 0.1) is 11.1 Å². The van der Waals surface area contributed by atoms with Gasteiger partial charge in [-0.3, -0.25) is 4.79 Å². The molecule has 1 aromatic carbocycles. The normalized spacial score (nSPS) is 9.42. The van der Waals surface area contributed by atoms with Gasteiger partial charge in [0.1, 0.15) is 5.82 Å². The first kappa shape index (κ1) is 8.39. The van der Waals surface area contributed by atoms with Gasteiger partial charge in [0.15, 0.2) is 6.29 Å². The van der Waals surface area contributed by atoms with Crippen LogP contribution >= 0.6 is 0 Å². The quantitative estimate of drug-likeness (QED) is 0.678. The summed E-state index contributed by atoms with van der Waals surface area (Å²) in [5, 5.41) is 8.50. The highest BCUT2D eigenvalue weighted by molar-refractivity contribution is 5.97. The van der Waals surface area contributed by atoms with Gasteiger partial charge in [-0.25, -0.2) is 9.18 Å². The number of aromatic carboxylic acids is 1. The SMILES string of the molecule is O=Cc1c(F)cccc1C(=O)O. The number of rotatable bonds is 2. The Morgan fingerprint density at radius 2 is 2.17 bits per heavy atom. The standard InChI is InChI=1S/C8H5FO3/c9-7-3-1-2-5(8(11)12)6(7)4-10/h1-4H,(H,11,12). The largest absolute Gasteiger partial charge is 0.478 e. The molecule has 3 nitrogen and oxygen atoms in total. The van der Waals surface area contributed by atoms with Crippen molar-refractivity contribution in [2.45, 2.75) is 0 Å². The molecule has 0 aliphatic carbocycles. The van der Waals surface area contributed by atoms with Crippen LogP contribution in [0, 0.1) is 5.82 Å². The Hall–Kier alpha value is -1.71. The fourth-order valence-electron chi connectivity index (χ4n) is 0.843. The van der Waals surface area contributed by atoms with Gasteiger partial charge in [0.25, 0.3) is 0 Å². The second-order valence-corrected chi connectivity index (χ2v) is 2.12. The van der Waals surface area contributed by atoms with E-state index >= 15 is 0 Å². The molecule has 0 saturated carbocycles. The van der Waals surface area contributed by atoms with Crippen molar-refractivity contribution in [1.82, 2.24) is 0 Å². The predicted octanol–water partition coefficient (Wildman–Crippen LogP) is 1.34. The van der Waals surface area contributed by atoms with Crippen molar-refractivity contribution in [3.8, 4) is 0 Å². The van der Waals surface area contributed by atoms with Crippen molar-refractivity contribution in [2.24, 2.45) is 0 Å². The van der Waals surface area contributed by atoms with Gasteiger partial charge in [-0.2, -0.15) is 0 Å². The summed E-state index contributed by atoms with van der Waals surface area (Å²) in [5.41, 5.74) is -0.727. The maximum atomic E-state index is 12.7. The van der Waals surface area contributed by atoms with Crippen LogP contribution in [0.4, 0.5) is 4.39 Å². The number of carbonyl (C=O) groups is 2. The Morgan fingerprint density at radius 1 is 1.50 bits per heavy atom. The van der Waals surface area contributed by atoms with Crippen LogP contribution in [-0.2, 0) is 0 Å². The Labute approximate surface area is 67.4 Å². The molecule has 1 N–H and O–H groups in total. The summed E-state index contributed by atoms with van der Waals surface area (Å²) in [4.78, 5) is 20.7. The van der Waals surface area contributed by atoms with E-state index in [1.807, 2.05) is 0 Å². The van der Waals surface area contributed by atoms with E-state index in [-0.39, 0.29) is 11.8 Å². The summed E-state index contributed by atoms with van der Waals surface area (Å²) in [5.74, 6) is -2.12. The highest BCUT2D eigenvalue weighted by Crippen LogP contribution is 2.10. The molecule has 0 aliphatic rings. The first-order chi connectivity index (χ1) is 5.66. The van der Waals surface area contributed by atoms with Crippen LogP contribution in [0.2, 0.25) is 0 Å². The third-order valence-electron chi connectivity index (χ3n) is 1.40. The Balaban J connectivity index is 3.37. The number of hydrogen-bond donors (Lipinski definition) is 1. The summed E-state index contributed by atoms with van der Waals surface area (Å²) in [6, 6.07) is 3.46. The molecular formula is C8H5FO3. The van der Waals surface area contributed by atoms with E-state index in [1.165, 1.54) is 12.1 Å². The van der Waals surface area contributed by atoms with Crippen molar-refractivity contribution in [3.63, 3.8) is 0 Å². The fraction of sp³-hybridized carbons (Fsp3) is 0. The lowest BCUT2D eigenvalue weighted by atomic mass is 10.1. The molecule has 0 bridgehead atoms. The van der Waals surface area contributed by atoms with Gasteiger partial charge >= 0.3 is 5.97 Å². The van der Waals surface area contributed by atoms with Crippen LogP contribution in [0.1, 0.15) is 20.7 Å². The molecule has 0 atom stereocenters. The maximum absolute atomic E-state index is 12.7. The van der Waals surface area contributed by atoms with E-state index in [9.17, 15) is 14.0 Å². The molecule has 12 heavy (non-hydrogen) atoms. The second-order valence-electron chi connectivity index (χ2n) is 2.12. The fourth-order valence-corrected chi connectivity index (χ4v) is 0.843. The van der Waals surface area contributed by atoms with Gasteiger partial charge in [0, 0.05) is 0 Å². The lowest BCUT2D eigenvalue weighted by molar-refractivity contribution is 0.0693. The highest BCUT2D eigenvalue weighted by atomic mass is 19.1. The Bertz CT molecular complexity index is 333. The molecular weight excluding hydrogens is 163 g/mol. The molecule has 0 unspecified atom stereocenters. The number of carboxylic acid groups (broad SMARTS) is 1. The van der Waals surface area contributed by atoms with Gasteiger partial charge < -0.3 is 5.11 Å². The Kier molecular flexibility index (Phi) is 2.19. The van der Waals surface area contributed by atoms with Crippen LogP contribution in [0.25, 0.3) is 0 Å². The van der Waals surface area contributed by atoms with Crippen molar-refractivity contribution >= 4 is 12.3 Å². The molecule has 0 amide bonds. The summed E-state index contributed by atoms with van der Waals surface area (Å²) in [6.07, 6.45) is 0.193. The average Bonchev–Trinajstić information content (AvgIpc) is 2.03. The van der Waals surface area contributed by atoms with E-state index in [1.54, 1.807) is 0 Å². The number of hydrogen-bond acceptors (Lipinski definition) is 2. The van der Waals surface area contributed by atoms with E-state index in [4.69, 9.17) is 5.11 Å². The van der Waals surface area contributed by atoms with Crippen LogP contribution in [-0.4, -0.2) is 17.4 Å². The molecule has 4 heteroatoms. The molecule has 0 aromatic heterocycles. The topological polar surface area (TPSA) is 54.4 Å². The monoisotopic (exact) mass is 168 g/mol. The Morgan fingerprint density at radius 3 is 2.58 bits per heavy atom. The minimum atomic E-state index is -1.31. The molecule has 0 fully saturated rings. The molecule has 0 heterocycles. The summed E-state index contributed by atoms with van der Waals surface area (Å²) in [6.45, 7) is 0. The van der Waals surface area contributed by atoms with Gasteiger partial charge in [0.2, 0.25) is 0 Å². The molecule has 0 spiro atoms. The van der Waals surface area contributed by atoms with Gasteiger partial charge in [-0.1, -0.05) is 6.07 Å². The number of benzene rings is 1. The number of carbonyl (C=O) groups excluding carboxylic acids is 1. The van der Waals surface area contributed by atoms with Crippen molar-refractivity contribution in [3.05, 3.63) is 35.1 Å². The van der Waals surface area contributed by atoms with E-state index < -0.39 is 17.3 Å². The zero-order valence-corrected chi connectivity index (χ0v) is 5.95. The average molecular weight is 168 g/mol. The number of aldehydes is 1.